The summed E-state index contributed by atoms with van der Waals surface area (Å²) in [5.74, 6) is -1.48. The minimum atomic E-state index is -1.48. The zero-order valence-corrected chi connectivity index (χ0v) is 21.9. The largest absolute Gasteiger partial charge is 0.465 e. The molecule has 2 heterocycles. The van der Waals surface area contributed by atoms with Gasteiger partial charge >= 0.3 is 11.9 Å². The predicted octanol–water partition coefficient (Wildman–Crippen LogP) is 0.874. The van der Waals surface area contributed by atoms with Crippen molar-refractivity contribution in [2.45, 2.75) is 37.6 Å². The van der Waals surface area contributed by atoms with Gasteiger partial charge < -0.3 is 44.9 Å². The van der Waals surface area contributed by atoms with Crippen molar-refractivity contribution in [1.82, 2.24) is 10.3 Å². The molecule has 212 valence electrons. The molecule has 1 fully saturated rings. The number of methoxy groups -OCH3 is 2. The van der Waals surface area contributed by atoms with Gasteiger partial charge in [-0.05, 0) is 30.3 Å². The zero-order chi connectivity index (χ0) is 29.0. The number of rotatable bonds is 8. The Kier molecular flexibility index (Phi) is 8.80. The second-order valence-electron chi connectivity index (χ2n) is 8.97. The van der Waals surface area contributed by atoms with Crippen molar-refractivity contribution in [2.75, 3.05) is 26.1 Å². The molecule has 1 amide bonds. The summed E-state index contributed by atoms with van der Waals surface area (Å²) in [4.78, 5) is 40.8. The van der Waals surface area contributed by atoms with Gasteiger partial charge in [-0.25, -0.2) is 9.59 Å². The average Bonchev–Trinajstić information content (AvgIpc) is 2.96. The average molecular weight is 556 g/mol. The monoisotopic (exact) mass is 555 g/mol. The number of aliphatic hydroxyl groups excluding tert-OH is 3. The summed E-state index contributed by atoms with van der Waals surface area (Å²) >= 11 is 0. The van der Waals surface area contributed by atoms with Gasteiger partial charge in [0.1, 0.15) is 35.7 Å². The summed E-state index contributed by atoms with van der Waals surface area (Å²) in [6.45, 7) is 0.647. The second-order valence-corrected chi connectivity index (χ2v) is 8.97. The molecule has 0 bridgehead atoms. The van der Waals surface area contributed by atoms with Crippen molar-refractivity contribution in [1.29, 1.82) is 0 Å². The number of ether oxygens (including phenoxy) is 4. The molecule has 0 spiro atoms. The maximum absolute atomic E-state index is 12.6. The van der Waals surface area contributed by atoms with Crippen LogP contribution in [-0.2, 0) is 19.0 Å². The lowest BCUT2D eigenvalue weighted by atomic mass is 9.97. The standard InChI is InChI=1S/C27H29N3O10/c1-13(32)29-22-24(34)23(33)20(12-31)40-27(22)39-16-6-4-5-15(10-16)30-21-17-9-14(25(35)37-2)7-8-19(17)28-11-18(21)26(36)38-3/h4-11,20,22-24,27,31,33-34H,12H2,1-3H3,(H,28,30)(H,29,32)/t20-,22-,23+,24+,27-/m1/s1. The van der Waals surface area contributed by atoms with E-state index >= 15 is 0 Å². The molecule has 13 nitrogen and oxygen atoms in total. The van der Waals surface area contributed by atoms with Gasteiger partial charge in [-0.3, -0.25) is 9.78 Å². The van der Waals surface area contributed by atoms with Crippen molar-refractivity contribution in [3.05, 3.63) is 59.8 Å². The van der Waals surface area contributed by atoms with Gasteiger partial charge in [0.05, 0.1) is 37.6 Å². The van der Waals surface area contributed by atoms with Crippen LogP contribution in [0, 0.1) is 0 Å². The highest BCUT2D eigenvalue weighted by atomic mass is 16.7. The Bertz CT molecular complexity index is 1410. The molecule has 1 aromatic heterocycles. The SMILES string of the molecule is COC(=O)c1ccc2ncc(C(=O)OC)c(Nc3cccc(O[C@@H]4O[C@H](CO)[C@H](O)[C@@H](O)[C@H]4NC(C)=O)c3)c2c1. The van der Waals surface area contributed by atoms with Gasteiger partial charge in [-0.1, -0.05) is 6.07 Å². The van der Waals surface area contributed by atoms with Crippen LogP contribution in [0.4, 0.5) is 11.4 Å². The maximum Gasteiger partial charge on any atom is 0.341 e. The number of anilines is 2. The topological polar surface area (TPSA) is 186 Å². The molecule has 2 aromatic carbocycles. The molecule has 1 aliphatic heterocycles. The summed E-state index contributed by atoms with van der Waals surface area (Å²) < 4.78 is 21.3. The molecular weight excluding hydrogens is 526 g/mol. The van der Waals surface area contributed by atoms with Gasteiger partial charge in [-0.15, -0.1) is 0 Å². The van der Waals surface area contributed by atoms with Gasteiger partial charge in [0.15, 0.2) is 0 Å². The molecule has 5 N–H and O–H groups in total. The summed E-state index contributed by atoms with van der Waals surface area (Å²) in [6.07, 6.45) is -3.99. The third-order valence-electron chi connectivity index (χ3n) is 6.30. The van der Waals surface area contributed by atoms with E-state index in [1.54, 1.807) is 42.5 Å². The number of benzene rings is 2. The van der Waals surface area contributed by atoms with Gasteiger partial charge in [0, 0.05) is 30.3 Å². The number of carbonyl (C=O) groups is 3. The fourth-order valence-corrected chi connectivity index (χ4v) is 4.33. The van der Waals surface area contributed by atoms with Crippen LogP contribution in [0.15, 0.2) is 48.7 Å². The highest BCUT2D eigenvalue weighted by molar-refractivity contribution is 6.07. The molecule has 13 heteroatoms. The lowest BCUT2D eigenvalue weighted by Crippen LogP contribution is -2.65. The lowest BCUT2D eigenvalue weighted by molar-refractivity contribution is -0.244. The minimum Gasteiger partial charge on any atom is -0.465 e. The quantitative estimate of drug-likeness (QED) is 0.247. The van der Waals surface area contributed by atoms with Crippen molar-refractivity contribution < 1.29 is 48.7 Å². The van der Waals surface area contributed by atoms with E-state index in [0.717, 1.165) is 0 Å². The number of hydrogen-bond donors (Lipinski definition) is 5. The fourth-order valence-electron chi connectivity index (χ4n) is 4.33. The first-order valence-corrected chi connectivity index (χ1v) is 12.2. The number of nitrogens with zero attached hydrogens (tertiary/aromatic N) is 1. The number of pyridine rings is 1. The van der Waals surface area contributed by atoms with Crippen LogP contribution >= 0.6 is 0 Å². The smallest absolute Gasteiger partial charge is 0.341 e. The summed E-state index contributed by atoms with van der Waals surface area (Å²) in [5.41, 5.74) is 1.60. The van der Waals surface area contributed by atoms with Gasteiger partial charge in [-0.2, -0.15) is 0 Å². The van der Waals surface area contributed by atoms with E-state index in [1.165, 1.54) is 27.3 Å². The first kappa shape index (κ1) is 28.7. The van der Waals surface area contributed by atoms with Crippen LogP contribution in [0.3, 0.4) is 0 Å². The van der Waals surface area contributed by atoms with E-state index in [1.807, 2.05) is 0 Å². The number of carbonyl (C=O) groups excluding carboxylic acids is 3. The highest BCUT2D eigenvalue weighted by Gasteiger charge is 2.46. The third-order valence-corrected chi connectivity index (χ3v) is 6.30. The molecule has 0 unspecified atom stereocenters. The number of amides is 1. The van der Waals surface area contributed by atoms with E-state index in [0.29, 0.717) is 22.3 Å². The van der Waals surface area contributed by atoms with Crippen LogP contribution in [0.1, 0.15) is 27.6 Å². The molecule has 4 rings (SSSR count). The van der Waals surface area contributed by atoms with Crippen molar-refractivity contribution >= 4 is 40.1 Å². The molecule has 3 aromatic rings. The van der Waals surface area contributed by atoms with Crippen molar-refractivity contribution in [3.63, 3.8) is 0 Å². The molecule has 0 aliphatic carbocycles. The Balaban J connectivity index is 1.69. The maximum atomic E-state index is 12.6. The molecular formula is C27H29N3O10. The van der Waals surface area contributed by atoms with Crippen molar-refractivity contribution in [3.8, 4) is 5.75 Å². The summed E-state index contributed by atoms with van der Waals surface area (Å²) in [5, 5.41) is 36.5. The molecule has 1 aliphatic rings. The fraction of sp³-hybridized carbons (Fsp3) is 0.333. The Labute approximate surface area is 228 Å². The van der Waals surface area contributed by atoms with E-state index in [4.69, 9.17) is 18.9 Å². The Morgan fingerprint density at radius 2 is 1.77 bits per heavy atom. The van der Waals surface area contributed by atoms with Crippen LogP contribution < -0.4 is 15.4 Å². The van der Waals surface area contributed by atoms with Crippen LogP contribution in [0.5, 0.6) is 5.75 Å². The van der Waals surface area contributed by atoms with Gasteiger partial charge in [0.25, 0.3) is 0 Å². The highest BCUT2D eigenvalue weighted by Crippen LogP contribution is 2.32. The summed E-state index contributed by atoms with van der Waals surface area (Å²) in [6, 6.07) is 10.1. The molecule has 1 saturated heterocycles. The minimum absolute atomic E-state index is 0.104. The number of esters is 2. The number of aliphatic hydroxyl groups is 3. The van der Waals surface area contributed by atoms with Crippen LogP contribution in [0.2, 0.25) is 0 Å². The molecule has 0 radical (unpaired) electrons. The second kappa shape index (κ2) is 12.3. The normalized spacial score (nSPS) is 22.3. The van der Waals surface area contributed by atoms with Crippen LogP contribution in [0.25, 0.3) is 10.9 Å². The third kappa shape index (κ3) is 5.97. The van der Waals surface area contributed by atoms with E-state index < -0.39 is 55.1 Å². The molecule has 0 saturated carbocycles. The van der Waals surface area contributed by atoms with Crippen molar-refractivity contribution in [2.24, 2.45) is 0 Å². The first-order valence-electron chi connectivity index (χ1n) is 12.2. The Hall–Kier alpha value is -4.30. The predicted molar refractivity (Wildman–Crippen MR) is 140 cm³/mol. The summed E-state index contributed by atoms with van der Waals surface area (Å²) in [7, 11) is 2.49. The number of fused-ring (bicyclic) bond motifs is 1. The van der Waals surface area contributed by atoms with E-state index in [9.17, 15) is 29.7 Å². The first-order chi connectivity index (χ1) is 19.2. The van der Waals surface area contributed by atoms with E-state index in [2.05, 4.69) is 15.6 Å². The molecule has 5 atom stereocenters. The lowest BCUT2D eigenvalue weighted by Gasteiger charge is -2.42. The van der Waals surface area contributed by atoms with Crippen LogP contribution in [-0.4, -0.2) is 89.6 Å². The number of nitrogens with one attached hydrogen (secondary N) is 2. The Morgan fingerprint density at radius 3 is 2.45 bits per heavy atom. The molecule has 40 heavy (non-hydrogen) atoms. The Morgan fingerprint density at radius 1 is 1.02 bits per heavy atom. The number of hydrogen-bond acceptors (Lipinski definition) is 12. The van der Waals surface area contributed by atoms with Gasteiger partial charge in [0.2, 0.25) is 12.2 Å². The zero-order valence-electron chi connectivity index (χ0n) is 21.9. The van der Waals surface area contributed by atoms with E-state index in [-0.39, 0.29) is 16.9 Å². The number of aromatic nitrogens is 1.